The summed E-state index contributed by atoms with van der Waals surface area (Å²) >= 11 is 0. The fourth-order valence-electron chi connectivity index (χ4n) is 5.33. The van der Waals surface area contributed by atoms with E-state index < -0.39 is 0 Å². The van der Waals surface area contributed by atoms with Crippen molar-refractivity contribution < 1.29 is 0 Å². The summed E-state index contributed by atoms with van der Waals surface area (Å²) in [6, 6.07) is 32.7. The maximum atomic E-state index is 5.00. The second kappa shape index (κ2) is 11.8. The molecule has 34 heavy (non-hydrogen) atoms. The minimum atomic E-state index is -0.0781. The zero-order chi connectivity index (χ0) is 23.6. The van der Waals surface area contributed by atoms with Crippen LogP contribution in [0.3, 0.4) is 0 Å². The van der Waals surface area contributed by atoms with Gasteiger partial charge >= 0.3 is 0 Å². The zero-order valence-electron chi connectivity index (χ0n) is 20.7. The second-order valence-electron chi connectivity index (χ2n) is 9.69. The fraction of sp³-hybridized carbons (Fsp3) is 0.344. The number of hydrogen-bond acceptors (Lipinski definition) is 1. The van der Waals surface area contributed by atoms with E-state index in [0.29, 0.717) is 5.92 Å². The van der Waals surface area contributed by atoms with Crippen LogP contribution in [0.2, 0.25) is 0 Å². The number of nitrogens with zero attached hydrogens (tertiary/aromatic N) is 2. The van der Waals surface area contributed by atoms with Crippen molar-refractivity contribution in [3.63, 3.8) is 0 Å². The van der Waals surface area contributed by atoms with E-state index in [1.165, 1.54) is 54.7 Å². The predicted octanol–water partition coefficient (Wildman–Crippen LogP) is 8.52. The maximum Gasteiger partial charge on any atom is 0.117 e. The Morgan fingerprint density at radius 2 is 1.38 bits per heavy atom. The van der Waals surface area contributed by atoms with E-state index in [2.05, 4.69) is 116 Å². The van der Waals surface area contributed by atoms with Gasteiger partial charge < -0.3 is 4.57 Å². The van der Waals surface area contributed by atoms with Crippen molar-refractivity contribution in [2.75, 3.05) is 0 Å². The largest absolute Gasteiger partial charge is 0.304 e. The lowest BCUT2D eigenvalue weighted by Crippen LogP contribution is -2.35. The average Bonchev–Trinajstić information content (AvgIpc) is 3.37. The summed E-state index contributed by atoms with van der Waals surface area (Å²) in [7, 11) is 0. The van der Waals surface area contributed by atoms with Gasteiger partial charge in [0.1, 0.15) is 5.82 Å². The van der Waals surface area contributed by atoms with Gasteiger partial charge in [0.15, 0.2) is 0 Å². The highest BCUT2D eigenvalue weighted by atomic mass is 15.1. The molecule has 0 radical (unpaired) electrons. The van der Waals surface area contributed by atoms with Crippen LogP contribution in [0.4, 0.5) is 0 Å². The van der Waals surface area contributed by atoms with Gasteiger partial charge in [0.05, 0.1) is 0 Å². The third kappa shape index (κ3) is 5.67. The number of aromatic nitrogens is 2. The van der Waals surface area contributed by atoms with Crippen molar-refractivity contribution in [2.45, 2.75) is 70.1 Å². The Morgan fingerprint density at radius 3 is 2.06 bits per heavy atom. The van der Waals surface area contributed by atoms with E-state index in [9.17, 15) is 0 Å². The van der Waals surface area contributed by atoms with Crippen LogP contribution in [0.25, 0.3) is 5.69 Å². The van der Waals surface area contributed by atoms with Gasteiger partial charge in [-0.2, -0.15) is 0 Å². The molecule has 1 aromatic heterocycles. The number of imidazole rings is 1. The summed E-state index contributed by atoms with van der Waals surface area (Å²) in [5.74, 6) is 1.47. The van der Waals surface area contributed by atoms with Crippen molar-refractivity contribution in [1.82, 2.24) is 9.55 Å². The molecule has 176 valence electrons. The Morgan fingerprint density at radius 1 is 0.765 bits per heavy atom. The molecular weight excluding hydrogens is 412 g/mol. The van der Waals surface area contributed by atoms with Crippen molar-refractivity contribution >= 4 is 0 Å². The molecule has 2 heteroatoms. The van der Waals surface area contributed by atoms with E-state index in [0.717, 1.165) is 12.8 Å². The summed E-state index contributed by atoms with van der Waals surface area (Å²) in [4.78, 5) is 5.00. The van der Waals surface area contributed by atoms with Crippen molar-refractivity contribution in [3.8, 4) is 5.69 Å². The smallest absolute Gasteiger partial charge is 0.117 e. The Hall–Kier alpha value is -3.13. The summed E-state index contributed by atoms with van der Waals surface area (Å²) < 4.78 is 2.31. The van der Waals surface area contributed by atoms with E-state index in [1.807, 2.05) is 6.20 Å². The van der Waals surface area contributed by atoms with Gasteiger partial charge in [-0.1, -0.05) is 125 Å². The molecule has 4 aromatic rings. The second-order valence-corrected chi connectivity index (χ2v) is 9.69. The molecule has 0 fully saturated rings. The lowest BCUT2D eigenvalue weighted by molar-refractivity contribution is 0.329. The van der Waals surface area contributed by atoms with E-state index >= 15 is 0 Å². The van der Waals surface area contributed by atoms with Crippen LogP contribution in [-0.2, 0) is 11.8 Å². The van der Waals surface area contributed by atoms with Crippen LogP contribution < -0.4 is 0 Å². The molecule has 0 saturated heterocycles. The summed E-state index contributed by atoms with van der Waals surface area (Å²) in [5, 5.41) is 0. The lowest BCUT2D eigenvalue weighted by atomic mass is 9.66. The molecule has 4 rings (SSSR count). The summed E-state index contributed by atoms with van der Waals surface area (Å²) in [6.07, 6.45) is 12.6. The number of benzene rings is 3. The molecule has 0 N–H and O–H groups in total. The van der Waals surface area contributed by atoms with E-state index in [-0.39, 0.29) is 5.41 Å². The van der Waals surface area contributed by atoms with Crippen LogP contribution in [0, 0.1) is 0 Å². The Balaban J connectivity index is 1.77. The molecule has 0 aliphatic rings. The molecule has 0 saturated carbocycles. The first-order valence-electron chi connectivity index (χ1n) is 12.9. The molecule has 2 nitrogen and oxygen atoms in total. The first kappa shape index (κ1) is 24.0. The summed E-state index contributed by atoms with van der Waals surface area (Å²) in [5.41, 5.74) is 3.87. The number of para-hydroxylation sites is 1. The highest BCUT2D eigenvalue weighted by Crippen LogP contribution is 2.44. The average molecular weight is 451 g/mol. The quantitative estimate of drug-likeness (QED) is 0.198. The first-order chi connectivity index (χ1) is 16.7. The topological polar surface area (TPSA) is 17.8 Å². The lowest BCUT2D eigenvalue weighted by Gasteiger charge is -2.39. The van der Waals surface area contributed by atoms with Gasteiger partial charge in [-0.05, 0) is 36.1 Å². The van der Waals surface area contributed by atoms with Crippen LogP contribution in [0.15, 0.2) is 103 Å². The molecule has 0 aliphatic carbocycles. The SMILES string of the molecule is CCCCCCCC(c1nccn1-c1ccccc1)C(C)(Cc1ccccc1)c1ccccc1. The number of unbranched alkanes of at least 4 members (excludes halogenated alkanes) is 4. The number of hydrogen-bond donors (Lipinski definition) is 0. The highest BCUT2D eigenvalue weighted by molar-refractivity contribution is 5.37. The molecule has 2 atom stereocenters. The monoisotopic (exact) mass is 450 g/mol. The Labute approximate surface area is 205 Å². The molecule has 1 heterocycles. The standard InChI is InChI=1S/C32H38N2/c1-3-4-5-6-16-23-30(31-33-24-25-34(31)29-21-14-9-15-22-29)32(2,28-19-12-8-13-20-28)26-27-17-10-7-11-18-27/h7-15,17-22,24-25,30H,3-6,16,23,26H2,1-2H3. The van der Waals surface area contributed by atoms with Crippen LogP contribution in [0.1, 0.15) is 75.2 Å². The minimum absolute atomic E-state index is 0.0781. The van der Waals surface area contributed by atoms with Gasteiger partial charge in [-0.25, -0.2) is 4.98 Å². The molecule has 0 bridgehead atoms. The highest BCUT2D eigenvalue weighted by Gasteiger charge is 2.39. The van der Waals surface area contributed by atoms with Gasteiger partial charge in [-0.15, -0.1) is 0 Å². The van der Waals surface area contributed by atoms with E-state index in [1.54, 1.807) is 0 Å². The summed E-state index contributed by atoms with van der Waals surface area (Å²) in [6.45, 7) is 4.74. The fourth-order valence-corrected chi connectivity index (χ4v) is 5.33. The number of rotatable bonds is 12. The Bertz CT molecular complexity index is 1100. The van der Waals surface area contributed by atoms with Crippen LogP contribution >= 0.6 is 0 Å². The van der Waals surface area contributed by atoms with Crippen molar-refractivity contribution in [1.29, 1.82) is 0 Å². The van der Waals surface area contributed by atoms with Crippen molar-refractivity contribution in [3.05, 3.63) is 120 Å². The Kier molecular flexibility index (Phi) is 8.36. The normalized spacial score (nSPS) is 13.9. The van der Waals surface area contributed by atoms with Crippen LogP contribution in [0.5, 0.6) is 0 Å². The third-order valence-electron chi connectivity index (χ3n) is 7.23. The van der Waals surface area contributed by atoms with Gasteiger partial charge in [0, 0.05) is 29.4 Å². The van der Waals surface area contributed by atoms with Gasteiger partial charge in [0.2, 0.25) is 0 Å². The van der Waals surface area contributed by atoms with Crippen LogP contribution in [-0.4, -0.2) is 9.55 Å². The molecule has 0 aliphatic heterocycles. The molecule has 0 amide bonds. The van der Waals surface area contributed by atoms with E-state index in [4.69, 9.17) is 4.98 Å². The third-order valence-corrected chi connectivity index (χ3v) is 7.23. The molecular formula is C32H38N2. The minimum Gasteiger partial charge on any atom is -0.304 e. The van der Waals surface area contributed by atoms with Gasteiger partial charge in [0.25, 0.3) is 0 Å². The molecule has 0 spiro atoms. The maximum absolute atomic E-state index is 5.00. The van der Waals surface area contributed by atoms with Gasteiger partial charge in [-0.3, -0.25) is 0 Å². The van der Waals surface area contributed by atoms with Crippen molar-refractivity contribution in [2.24, 2.45) is 0 Å². The molecule has 3 aromatic carbocycles. The molecule has 2 unspecified atom stereocenters. The first-order valence-corrected chi connectivity index (χ1v) is 12.9. The zero-order valence-corrected chi connectivity index (χ0v) is 20.7. The predicted molar refractivity (Wildman–Crippen MR) is 144 cm³/mol.